The first-order chi connectivity index (χ1) is 8.17. The Bertz CT molecular complexity index is 230. The number of nitrogens with one attached hydrogen (secondary N) is 1. The van der Waals surface area contributed by atoms with E-state index < -0.39 is 0 Å². The molecular formula is C14H28N2O. The van der Waals surface area contributed by atoms with Crippen molar-refractivity contribution in [1.29, 1.82) is 0 Å². The minimum Gasteiger partial charge on any atom is -0.396 e. The minimum atomic E-state index is 0.0919. The molecule has 0 radical (unpaired) electrons. The molecule has 2 unspecified atom stereocenters. The standard InChI is InChI=1S/C14H28N2O/c1-3-14(2,11-17)10-16(13-4-5-13)9-12-6-7-15-8-12/h12-13,15,17H,3-11H2,1-2H3. The molecule has 0 aromatic carbocycles. The average molecular weight is 240 g/mol. The Morgan fingerprint density at radius 3 is 2.59 bits per heavy atom. The molecule has 0 aromatic heterocycles. The summed E-state index contributed by atoms with van der Waals surface area (Å²) in [7, 11) is 0. The van der Waals surface area contributed by atoms with E-state index in [1.54, 1.807) is 0 Å². The number of rotatable bonds is 7. The molecule has 17 heavy (non-hydrogen) atoms. The summed E-state index contributed by atoms with van der Waals surface area (Å²) in [4.78, 5) is 2.65. The Labute approximate surface area is 106 Å². The smallest absolute Gasteiger partial charge is 0.0496 e. The highest BCUT2D eigenvalue weighted by Crippen LogP contribution is 2.32. The fourth-order valence-electron chi connectivity index (χ4n) is 2.75. The van der Waals surface area contributed by atoms with E-state index >= 15 is 0 Å². The number of aliphatic hydroxyl groups excluding tert-OH is 1. The van der Waals surface area contributed by atoms with Crippen molar-refractivity contribution in [3.63, 3.8) is 0 Å². The number of hydrogen-bond acceptors (Lipinski definition) is 3. The lowest BCUT2D eigenvalue weighted by molar-refractivity contribution is 0.0739. The lowest BCUT2D eigenvalue weighted by atomic mass is 9.87. The summed E-state index contributed by atoms with van der Waals surface area (Å²) in [6.07, 6.45) is 5.12. The van der Waals surface area contributed by atoms with E-state index in [1.165, 1.54) is 38.9 Å². The second kappa shape index (κ2) is 5.68. The third-order valence-electron chi connectivity index (χ3n) is 4.54. The highest BCUT2D eigenvalue weighted by atomic mass is 16.3. The second-order valence-electron chi connectivity index (χ2n) is 6.34. The summed E-state index contributed by atoms with van der Waals surface area (Å²) in [6.45, 7) is 9.40. The first-order valence-electron chi connectivity index (χ1n) is 7.22. The van der Waals surface area contributed by atoms with Crippen molar-refractivity contribution in [2.24, 2.45) is 11.3 Å². The van der Waals surface area contributed by atoms with E-state index in [-0.39, 0.29) is 5.41 Å². The summed E-state index contributed by atoms with van der Waals surface area (Å²) in [5, 5.41) is 13.0. The zero-order valence-corrected chi connectivity index (χ0v) is 11.4. The molecule has 2 rings (SSSR count). The maximum absolute atomic E-state index is 9.56. The summed E-state index contributed by atoms with van der Waals surface area (Å²) < 4.78 is 0. The Morgan fingerprint density at radius 2 is 2.12 bits per heavy atom. The van der Waals surface area contributed by atoms with Gasteiger partial charge in [0.1, 0.15) is 0 Å². The van der Waals surface area contributed by atoms with Gasteiger partial charge in [-0.3, -0.25) is 4.90 Å². The molecule has 3 heteroatoms. The zero-order valence-electron chi connectivity index (χ0n) is 11.4. The van der Waals surface area contributed by atoms with Gasteiger partial charge in [-0.1, -0.05) is 13.8 Å². The Kier molecular flexibility index (Phi) is 4.45. The first-order valence-corrected chi connectivity index (χ1v) is 7.22. The van der Waals surface area contributed by atoms with Crippen LogP contribution in [0.15, 0.2) is 0 Å². The molecule has 2 aliphatic rings. The fraction of sp³-hybridized carbons (Fsp3) is 1.00. The molecule has 1 saturated carbocycles. The topological polar surface area (TPSA) is 35.5 Å². The van der Waals surface area contributed by atoms with E-state index in [0.29, 0.717) is 6.61 Å². The number of nitrogens with zero attached hydrogens (tertiary/aromatic N) is 1. The van der Waals surface area contributed by atoms with Gasteiger partial charge >= 0.3 is 0 Å². The van der Waals surface area contributed by atoms with Gasteiger partial charge in [0, 0.05) is 31.2 Å². The van der Waals surface area contributed by atoms with Crippen LogP contribution in [-0.4, -0.2) is 48.8 Å². The van der Waals surface area contributed by atoms with Gasteiger partial charge in [-0.25, -0.2) is 0 Å². The van der Waals surface area contributed by atoms with Crippen LogP contribution in [0, 0.1) is 11.3 Å². The molecule has 100 valence electrons. The van der Waals surface area contributed by atoms with E-state index in [2.05, 4.69) is 24.1 Å². The van der Waals surface area contributed by atoms with Crippen LogP contribution in [0.25, 0.3) is 0 Å². The van der Waals surface area contributed by atoms with Crippen molar-refractivity contribution in [2.75, 3.05) is 32.8 Å². The number of aliphatic hydroxyl groups is 1. The third kappa shape index (κ3) is 3.67. The van der Waals surface area contributed by atoms with E-state index in [4.69, 9.17) is 0 Å². The largest absolute Gasteiger partial charge is 0.396 e. The molecule has 0 bridgehead atoms. The van der Waals surface area contributed by atoms with Crippen LogP contribution in [0.5, 0.6) is 0 Å². The second-order valence-corrected chi connectivity index (χ2v) is 6.34. The monoisotopic (exact) mass is 240 g/mol. The van der Waals surface area contributed by atoms with Crippen LogP contribution in [0.4, 0.5) is 0 Å². The van der Waals surface area contributed by atoms with Gasteiger partial charge in [0.15, 0.2) is 0 Å². The quantitative estimate of drug-likeness (QED) is 0.707. The molecule has 2 fully saturated rings. The molecule has 1 aliphatic heterocycles. The van der Waals surface area contributed by atoms with Gasteiger partial charge in [-0.2, -0.15) is 0 Å². The molecule has 3 nitrogen and oxygen atoms in total. The van der Waals surface area contributed by atoms with Gasteiger partial charge < -0.3 is 10.4 Å². The normalized spacial score (nSPS) is 28.6. The lowest BCUT2D eigenvalue weighted by Crippen LogP contribution is -2.42. The van der Waals surface area contributed by atoms with E-state index in [1.807, 2.05) is 0 Å². The van der Waals surface area contributed by atoms with Crippen molar-refractivity contribution in [2.45, 2.75) is 45.6 Å². The molecule has 1 saturated heterocycles. The predicted molar refractivity (Wildman–Crippen MR) is 71.1 cm³/mol. The van der Waals surface area contributed by atoms with Gasteiger partial charge in [0.25, 0.3) is 0 Å². The third-order valence-corrected chi connectivity index (χ3v) is 4.54. The van der Waals surface area contributed by atoms with Crippen molar-refractivity contribution < 1.29 is 5.11 Å². The van der Waals surface area contributed by atoms with Crippen LogP contribution < -0.4 is 5.32 Å². The van der Waals surface area contributed by atoms with Gasteiger partial charge in [0.2, 0.25) is 0 Å². The van der Waals surface area contributed by atoms with Crippen molar-refractivity contribution in [3.05, 3.63) is 0 Å². The molecule has 0 aromatic rings. The van der Waals surface area contributed by atoms with Crippen LogP contribution in [0.1, 0.15) is 39.5 Å². The fourth-order valence-corrected chi connectivity index (χ4v) is 2.75. The zero-order chi connectivity index (χ0) is 12.3. The number of hydrogen-bond donors (Lipinski definition) is 2. The molecule has 2 atom stereocenters. The molecular weight excluding hydrogens is 212 g/mol. The lowest BCUT2D eigenvalue weighted by Gasteiger charge is -2.35. The van der Waals surface area contributed by atoms with Crippen molar-refractivity contribution in [3.8, 4) is 0 Å². The molecule has 0 spiro atoms. The summed E-state index contributed by atoms with van der Waals surface area (Å²) in [5.41, 5.74) is 0.0919. The SMILES string of the molecule is CCC(C)(CO)CN(CC1CCNC1)C1CC1. The van der Waals surface area contributed by atoms with Crippen LogP contribution in [0.2, 0.25) is 0 Å². The minimum absolute atomic E-state index is 0.0919. The van der Waals surface area contributed by atoms with Crippen LogP contribution in [0.3, 0.4) is 0 Å². The molecule has 2 N–H and O–H groups in total. The summed E-state index contributed by atoms with van der Waals surface area (Å²) >= 11 is 0. The van der Waals surface area contributed by atoms with Gasteiger partial charge in [-0.15, -0.1) is 0 Å². The Hall–Kier alpha value is -0.120. The average Bonchev–Trinajstić information content (AvgIpc) is 3.07. The molecule has 0 amide bonds. The highest BCUT2D eigenvalue weighted by Gasteiger charge is 2.35. The van der Waals surface area contributed by atoms with Crippen LogP contribution in [-0.2, 0) is 0 Å². The van der Waals surface area contributed by atoms with Gasteiger partial charge in [-0.05, 0) is 44.7 Å². The highest BCUT2D eigenvalue weighted by molar-refractivity contribution is 4.90. The van der Waals surface area contributed by atoms with Crippen molar-refractivity contribution in [1.82, 2.24) is 10.2 Å². The molecule has 1 heterocycles. The van der Waals surface area contributed by atoms with E-state index in [0.717, 1.165) is 24.9 Å². The Balaban J connectivity index is 1.87. The summed E-state index contributed by atoms with van der Waals surface area (Å²) in [5.74, 6) is 0.829. The maximum atomic E-state index is 9.56. The molecule has 1 aliphatic carbocycles. The first kappa shape index (κ1) is 13.3. The summed E-state index contributed by atoms with van der Waals surface area (Å²) in [6, 6.07) is 0.813. The predicted octanol–water partition coefficient (Wildman–Crippen LogP) is 1.47. The Morgan fingerprint density at radius 1 is 1.35 bits per heavy atom. The maximum Gasteiger partial charge on any atom is 0.0496 e. The van der Waals surface area contributed by atoms with E-state index in [9.17, 15) is 5.11 Å². The van der Waals surface area contributed by atoms with Crippen LogP contribution >= 0.6 is 0 Å². The van der Waals surface area contributed by atoms with Gasteiger partial charge in [0.05, 0.1) is 0 Å². The van der Waals surface area contributed by atoms with Crippen molar-refractivity contribution >= 4 is 0 Å².